The van der Waals surface area contributed by atoms with Gasteiger partial charge in [0.1, 0.15) is 4.83 Å². The minimum Gasteiger partial charge on any atom is -0.350 e. The van der Waals surface area contributed by atoms with Crippen molar-refractivity contribution in [3.63, 3.8) is 0 Å². The van der Waals surface area contributed by atoms with Crippen LogP contribution in [0.2, 0.25) is 0 Å². The molecule has 30 heavy (non-hydrogen) atoms. The summed E-state index contributed by atoms with van der Waals surface area (Å²) in [5, 5.41) is 4.59. The molecule has 4 saturated carbocycles. The van der Waals surface area contributed by atoms with E-state index in [0.717, 1.165) is 57.7 Å². The molecule has 1 atom stereocenters. The summed E-state index contributed by atoms with van der Waals surface area (Å²) in [6.45, 7) is 8.49. The third kappa shape index (κ3) is 3.32. The SMILES string of the molecule is CCn1c(SC(C)C(=O)NC23CC4CC(CC(C4)C2)C3)nc2sc(C)c(C)c2c1=O. The van der Waals surface area contributed by atoms with Crippen LogP contribution >= 0.6 is 23.1 Å². The quantitative estimate of drug-likeness (QED) is 0.537. The molecule has 5 nitrogen and oxygen atoms in total. The zero-order valence-electron chi connectivity index (χ0n) is 18.3. The Morgan fingerprint density at radius 2 is 1.83 bits per heavy atom. The first-order chi connectivity index (χ1) is 14.3. The maximum Gasteiger partial charge on any atom is 0.263 e. The van der Waals surface area contributed by atoms with Gasteiger partial charge in [-0.05, 0) is 89.5 Å². The molecule has 162 valence electrons. The summed E-state index contributed by atoms with van der Waals surface area (Å²) in [4.78, 5) is 33.0. The van der Waals surface area contributed by atoms with E-state index in [2.05, 4.69) is 5.32 Å². The number of hydrogen-bond acceptors (Lipinski definition) is 5. The van der Waals surface area contributed by atoms with Crippen molar-refractivity contribution in [2.45, 2.75) is 88.7 Å². The Labute approximate surface area is 186 Å². The van der Waals surface area contributed by atoms with Crippen molar-refractivity contribution < 1.29 is 4.79 Å². The Bertz CT molecular complexity index is 1040. The fraction of sp³-hybridized carbons (Fsp3) is 0.696. The molecule has 4 aliphatic rings. The van der Waals surface area contributed by atoms with Crippen LogP contribution < -0.4 is 10.9 Å². The van der Waals surface area contributed by atoms with Gasteiger partial charge >= 0.3 is 0 Å². The fourth-order valence-electron chi connectivity index (χ4n) is 6.52. The molecule has 0 saturated heterocycles. The van der Waals surface area contributed by atoms with Gasteiger partial charge in [-0.2, -0.15) is 0 Å². The van der Waals surface area contributed by atoms with Crippen LogP contribution in [0.5, 0.6) is 0 Å². The van der Waals surface area contributed by atoms with Crippen LogP contribution in [0.25, 0.3) is 10.2 Å². The van der Waals surface area contributed by atoms with Gasteiger partial charge in [-0.1, -0.05) is 11.8 Å². The Morgan fingerprint density at radius 3 is 2.40 bits per heavy atom. The van der Waals surface area contributed by atoms with Crippen LogP contribution in [-0.2, 0) is 11.3 Å². The molecule has 0 aliphatic heterocycles. The largest absolute Gasteiger partial charge is 0.350 e. The lowest BCUT2D eigenvalue weighted by atomic mass is 9.53. The predicted molar refractivity (Wildman–Crippen MR) is 123 cm³/mol. The molecule has 7 heteroatoms. The van der Waals surface area contributed by atoms with E-state index < -0.39 is 0 Å². The molecule has 0 radical (unpaired) electrons. The molecule has 1 amide bonds. The van der Waals surface area contributed by atoms with Crippen molar-refractivity contribution in [1.29, 1.82) is 0 Å². The number of rotatable bonds is 5. The van der Waals surface area contributed by atoms with E-state index in [1.165, 1.54) is 31.0 Å². The van der Waals surface area contributed by atoms with Gasteiger partial charge in [-0.3, -0.25) is 14.2 Å². The van der Waals surface area contributed by atoms with Crippen LogP contribution in [-0.4, -0.2) is 26.2 Å². The van der Waals surface area contributed by atoms with Gasteiger partial charge < -0.3 is 5.32 Å². The third-order valence-electron chi connectivity index (χ3n) is 7.65. The number of thiophene rings is 1. The topological polar surface area (TPSA) is 64.0 Å². The van der Waals surface area contributed by atoms with Crippen molar-refractivity contribution in [2.24, 2.45) is 17.8 Å². The van der Waals surface area contributed by atoms with Gasteiger partial charge in [-0.15, -0.1) is 11.3 Å². The minimum atomic E-state index is -0.276. The van der Waals surface area contributed by atoms with Crippen LogP contribution in [0.15, 0.2) is 9.95 Å². The Kier molecular flexibility index (Phi) is 5.05. The van der Waals surface area contributed by atoms with Crippen molar-refractivity contribution in [3.8, 4) is 0 Å². The Hall–Kier alpha value is -1.34. The van der Waals surface area contributed by atoms with Gasteiger partial charge in [0.2, 0.25) is 5.91 Å². The summed E-state index contributed by atoms with van der Waals surface area (Å²) in [5.74, 6) is 2.51. The second-order valence-electron chi connectivity index (χ2n) is 9.85. The maximum absolute atomic E-state index is 13.2. The first-order valence-electron chi connectivity index (χ1n) is 11.3. The summed E-state index contributed by atoms with van der Waals surface area (Å²) in [5.41, 5.74) is 1.06. The van der Waals surface area contributed by atoms with E-state index in [4.69, 9.17) is 4.98 Å². The van der Waals surface area contributed by atoms with Gasteiger partial charge in [-0.25, -0.2) is 4.98 Å². The van der Waals surface area contributed by atoms with Gasteiger partial charge in [0.25, 0.3) is 5.56 Å². The molecule has 4 aliphatic carbocycles. The van der Waals surface area contributed by atoms with Gasteiger partial charge in [0, 0.05) is 17.0 Å². The smallest absolute Gasteiger partial charge is 0.263 e. The number of aryl methyl sites for hydroxylation is 2. The van der Waals surface area contributed by atoms with Crippen LogP contribution in [0.1, 0.15) is 62.8 Å². The fourth-order valence-corrected chi connectivity index (χ4v) is 8.56. The molecule has 2 aromatic rings. The highest BCUT2D eigenvalue weighted by molar-refractivity contribution is 8.00. The predicted octanol–water partition coefficient (Wildman–Crippen LogP) is 4.66. The molecular weight excluding hydrogens is 414 g/mol. The molecule has 1 N–H and O–H groups in total. The standard InChI is InChI=1S/C23H31N3O2S2/c1-5-26-21(28)18-12(2)13(3)29-20(18)24-22(26)30-14(4)19(27)25-23-9-15-6-16(10-23)8-17(7-15)11-23/h14-17H,5-11H2,1-4H3,(H,25,27). The van der Waals surface area contributed by atoms with E-state index in [-0.39, 0.29) is 22.3 Å². The van der Waals surface area contributed by atoms with E-state index in [1.807, 2.05) is 27.7 Å². The molecule has 0 aromatic carbocycles. The third-order valence-corrected chi connectivity index (χ3v) is 9.84. The normalized spacial score (nSPS) is 30.7. The number of carbonyl (C=O) groups is 1. The summed E-state index contributed by atoms with van der Waals surface area (Å²) in [7, 11) is 0. The Morgan fingerprint density at radius 1 is 1.23 bits per heavy atom. The maximum atomic E-state index is 13.2. The molecule has 4 bridgehead atoms. The molecule has 2 aromatic heterocycles. The van der Waals surface area contributed by atoms with Crippen LogP contribution in [0.3, 0.4) is 0 Å². The lowest BCUT2D eigenvalue weighted by Crippen LogP contribution is -2.60. The number of hydrogen-bond donors (Lipinski definition) is 1. The lowest BCUT2D eigenvalue weighted by molar-refractivity contribution is -0.126. The van der Waals surface area contributed by atoms with Crippen molar-refractivity contribution in [2.75, 3.05) is 0 Å². The second kappa shape index (κ2) is 7.37. The highest BCUT2D eigenvalue weighted by Gasteiger charge is 2.51. The summed E-state index contributed by atoms with van der Waals surface area (Å²) in [6, 6.07) is 0. The number of amides is 1. The average molecular weight is 446 g/mol. The number of nitrogens with zero attached hydrogens (tertiary/aromatic N) is 2. The number of aromatic nitrogens is 2. The van der Waals surface area contributed by atoms with E-state index in [0.29, 0.717) is 11.7 Å². The molecule has 2 heterocycles. The summed E-state index contributed by atoms with van der Waals surface area (Å²) < 4.78 is 1.72. The van der Waals surface area contributed by atoms with E-state index >= 15 is 0 Å². The number of thioether (sulfide) groups is 1. The monoisotopic (exact) mass is 445 g/mol. The molecular formula is C23H31N3O2S2. The van der Waals surface area contributed by atoms with Gasteiger partial charge in [0.15, 0.2) is 5.16 Å². The van der Waals surface area contributed by atoms with Crippen LogP contribution in [0, 0.1) is 31.6 Å². The highest BCUT2D eigenvalue weighted by Crippen LogP contribution is 2.55. The van der Waals surface area contributed by atoms with E-state index in [9.17, 15) is 9.59 Å². The van der Waals surface area contributed by atoms with Crippen molar-refractivity contribution in [1.82, 2.24) is 14.9 Å². The molecule has 0 spiro atoms. The number of carbonyl (C=O) groups excluding carboxylic acids is 1. The lowest BCUT2D eigenvalue weighted by Gasteiger charge is -2.57. The van der Waals surface area contributed by atoms with Gasteiger partial charge in [0.05, 0.1) is 10.6 Å². The first kappa shape index (κ1) is 20.6. The van der Waals surface area contributed by atoms with Crippen molar-refractivity contribution >= 4 is 39.2 Å². The summed E-state index contributed by atoms with van der Waals surface area (Å²) in [6.07, 6.45) is 7.56. The van der Waals surface area contributed by atoms with E-state index in [1.54, 1.807) is 15.9 Å². The summed E-state index contributed by atoms with van der Waals surface area (Å²) >= 11 is 2.99. The minimum absolute atomic E-state index is 0.0144. The second-order valence-corrected chi connectivity index (χ2v) is 12.4. The molecule has 6 rings (SSSR count). The molecule has 1 unspecified atom stereocenters. The Balaban J connectivity index is 1.37. The number of fused-ring (bicyclic) bond motifs is 1. The first-order valence-corrected chi connectivity index (χ1v) is 13.0. The highest BCUT2D eigenvalue weighted by atomic mass is 32.2. The average Bonchev–Trinajstić information content (AvgIpc) is 2.94. The van der Waals surface area contributed by atoms with Crippen molar-refractivity contribution in [3.05, 3.63) is 20.8 Å². The zero-order chi connectivity index (χ0) is 21.2. The number of nitrogens with one attached hydrogen (secondary N) is 1. The van der Waals surface area contributed by atoms with Crippen LogP contribution in [0.4, 0.5) is 0 Å². The zero-order valence-corrected chi connectivity index (χ0v) is 19.9. The molecule has 4 fully saturated rings.